The summed E-state index contributed by atoms with van der Waals surface area (Å²) in [5.41, 5.74) is 3.41. The van der Waals surface area contributed by atoms with Gasteiger partial charge in [0.05, 0.1) is 5.52 Å². The first kappa shape index (κ1) is 11.3. The van der Waals surface area contributed by atoms with E-state index in [1.165, 1.54) is 16.5 Å². The first-order chi connectivity index (χ1) is 8.36. The maximum Gasteiger partial charge on any atom is 0.0708 e. The number of para-hydroxylation sites is 1. The predicted molar refractivity (Wildman–Crippen MR) is 74.7 cm³/mol. The fourth-order valence-electron chi connectivity index (χ4n) is 1.86. The summed E-state index contributed by atoms with van der Waals surface area (Å²) in [5, 5.41) is 1.18. The lowest BCUT2D eigenvalue weighted by Crippen LogP contribution is -1.86. The number of benzene rings is 1. The van der Waals surface area contributed by atoms with Crippen LogP contribution in [0.1, 0.15) is 12.5 Å². The van der Waals surface area contributed by atoms with Gasteiger partial charge in [0, 0.05) is 11.6 Å². The highest BCUT2D eigenvalue weighted by molar-refractivity contribution is 5.93. The second kappa shape index (κ2) is 5.26. The fourth-order valence-corrected chi connectivity index (χ4v) is 1.86. The molecule has 0 atom stereocenters. The number of allylic oxidation sites excluding steroid dienone is 5. The summed E-state index contributed by atoms with van der Waals surface area (Å²) in [6, 6.07) is 10.2. The Bertz CT molecular complexity index is 586. The normalized spacial score (nSPS) is 12.2. The molecule has 0 spiro atoms. The summed E-state index contributed by atoms with van der Waals surface area (Å²) in [6.07, 6.45) is 9.75. The van der Waals surface area contributed by atoms with Crippen LogP contribution < -0.4 is 0 Å². The van der Waals surface area contributed by atoms with Gasteiger partial charge in [-0.05, 0) is 30.2 Å². The monoisotopic (exact) mass is 221 g/mol. The van der Waals surface area contributed by atoms with Crippen molar-refractivity contribution in [3.63, 3.8) is 0 Å². The molecule has 0 radical (unpaired) electrons. The first-order valence-electron chi connectivity index (χ1n) is 5.66. The van der Waals surface area contributed by atoms with Gasteiger partial charge in [0.25, 0.3) is 0 Å². The lowest BCUT2D eigenvalue weighted by Gasteiger charge is -2.06. The van der Waals surface area contributed by atoms with E-state index in [0.29, 0.717) is 0 Å². The van der Waals surface area contributed by atoms with E-state index in [1.54, 1.807) is 6.08 Å². The van der Waals surface area contributed by atoms with Crippen LogP contribution in [-0.2, 0) is 0 Å². The quantitative estimate of drug-likeness (QED) is 0.701. The smallest absolute Gasteiger partial charge is 0.0708 e. The summed E-state index contributed by atoms with van der Waals surface area (Å²) in [4.78, 5) is 4.37. The topological polar surface area (TPSA) is 12.9 Å². The maximum atomic E-state index is 4.37. The molecular weight excluding hydrogens is 206 g/mol. The molecule has 2 rings (SSSR count). The largest absolute Gasteiger partial charge is 0.256 e. The van der Waals surface area contributed by atoms with Crippen molar-refractivity contribution in [3.05, 3.63) is 73.0 Å². The molecule has 1 aromatic heterocycles. The minimum atomic E-state index is 1.02. The Morgan fingerprint density at radius 3 is 2.82 bits per heavy atom. The Balaban J connectivity index is 2.62. The van der Waals surface area contributed by atoms with Crippen LogP contribution in [0.4, 0.5) is 0 Å². The van der Waals surface area contributed by atoms with Crippen LogP contribution in [0.3, 0.4) is 0 Å². The van der Waals surface area contributed by atoms with Crippen molar-refractivity contribution in [1.82, 2.24) is 4.98 Å². The van der Waals surface area contributed by atoms with Gasteiger partial charge in [0.2, 0.25) is 0 Å². The summed E-state index contributed by atoms with van der Waals surface area (Å²) in [5.74, 6) is 0. The third-order valence-electron chi connectivity index (χ3n) is 2.68. The van der Waals surface area contributed by atoms with Crippen molar-refractivity contribution in [2.24, 2.45) is 0 Å². The van der Waals surface area contributed by atoms with E-state index in [1.807, 2.05) is 43.5 Å². The van der Waals surface area contributed by atoms with Crippen molar-refractivity contribution in [3.8, 4) is 0 Å². The minimum Gasteiger partial charge on any atom is -0.256 e. The molecule has 1 heteroatoms. The van der Waals surface area contributed by atoms with Crippen molar-refractivity contribution in [1.29, 1.82) is 0 Å². The van der Waals surface area contributed by atoms with Crippen LogP contribution >= 0.6 is 0 Å². The molecular formula is C16H15N. The van der Waals surface area contributed by atoms with Crippen LogP contribution in [0.15, 0.2) is 67.4 Å². The minimum absolute atomic E-state index is 1.02. The molecule has 0 saturated heterocycles. The second-order valence-corrected chi connectivity index (χ2v) is 3.71. The first-order valence-corrected chi connectivity index (χ1v) is 5.66. The molecule has 84 valence electrons. The molecule has 0 aliphatic carbocycles. The number of hydrogen-bond donors (Lipinski definition) is 0. The third-order valence-corrected chi connectivity index (χ3v) is 2.68. The zero-order chi connectivity index (χ0) is 12.1. The highest BCUT2D eigenvalue weighted by atomic mass is 14.6. The van der Waals surface area contributed by atoms with Crippen LogP contribution in [0.25, 0.3) is 16.5 Å². The van der Waals surface area contributed by atoms with E-state index in [0.717, 1.165) is 5.52 Å². The van der Waals surface area contributed by atoms with Gasteiger partial charge in [-0.2, -0.15) is 0 Å². The molecule has 0 fully saturated rings. The Morgan fingerprint density at radius 2 is 2.06 bits per heavy atom. The molecule has 0 unspecified atom stereocenters. The van der Waals surface area contributed by atoms with Crippen LogP contribution in [0, 0.1) is 0 Å². The van der Waals surface area contributed by atoms with Crippen LogP contribution in [0.2, 0.25) is 0 Å². The highest BCUT2D eigenvalue weighted by Crippen LogP contribution is 2.24. The molecule has 2 aromatic rings. The van der Waals surface area contributed by atoms with Gasteiger partial charge in [-0.25, -0.2) is 0 Å². The summed E-state index contributed by atoms with van der Waals surface area (Å²) < 4.78 is 0. The van der Waals surface area contributed by atoms with E-state index < -0.39 is 0 Å². The lowest BCUT2D eigenvalue weighted by atomic mass is 10.0. The Kier molecular flexibility index (Phi) is 3.51. The predicted octanol–water partition coefficient (Wildman–Crippen LogP) is 4.38. The van der Waals surface area contributed by atoms with Gasteiger partial charge in [-0.3, -0.25) is 4.98 Å². The number of fused-ring (bicyclic) bond motifs is 1. The molecule has 1 heterocycles. The molecule has 0 bridgehead atoms. The zero-order valence-corrected chi connectivity index (χ0v) is 9.93. The van der Waals surface area contributed by atoms with E-state index >= 15 is 0 Å². The van der Waals surface area contributed by atoms with Crippen molar-refractivity contribution < 1.29 is 0 Å². The fraction of sp³-hybridized carbons (Fsp3) is 0.0625. The van der Waals surface area contributed by atoms with E-state index in [9.17, 15) is 0 Å². The number of pyridine rings is 1. The molecule has 0 amide bonds. The SMILES string of the molecule is C=C/C=C\C(=C/C)c1ccnc2ccccc12. The Morgan fingerprint density at radius 1 is 1.24 bits per heavy atom. The molecule has 1 nitrogen and oxygen atoms in total. The summed E-state index contributed by atoms with van der Waals surface area (Å²) in [7, 11) is 0. The summed E-state index contributed by atoms with van der Waals surface area (Å²) >= 11 is 0. The molecule has 0 saturated carbocycles. The molecule has 1 aromatic carbocycles. The zero-order valence-electron chi connectivity index (χ0n) is 9.93. The number of hydrogen-bond acceptors (Lipinski definition) is 1. The lowest BCUT2D eigenvalue weighted by molar-refractivity contribution is 1.40. The van der Waals surface area contributed by atoms with Crippen molar-refractivity contribution in [2.75, 3.05) is 0 Å². The Labute approximate surface area is 102 Å². The number of rotatable bonds is 3. The number of aromatic nitrogens is 1. The second-order valence-electron chi connectivity index (χ2n) is 3.71. The average molecular weight is 221 g/mol. The summed E-state index contributed by atoms with van der Waals surface area (Å²) in [6.45, 7) is 5.74. The van der Waals surface area contributed by atoms with Gasteiger partial charge >= 0.3 is 0 Å². The van der Waals surface area contributed by atoms with E-state index in [2.05, 4.69) is 29.8 Å². The van der Waals surface area contributed by atoms with Gasteiger partial charge in [-0.15, -0.1) is 0 Å². The van der Waals surface area contributed by atoms with Gasteiger partial charge in [-0.1, -0.05) is 49.1 Å². The number of nitrogens with zero attached hydrogens (tertiary/aromatic N) is 1. The van der Waals surface area contributed by atoms with E-state index in [-0.39, 0.29) is 0 Å². The van der Waals surface area contributed by atoms with Gasteiger partial charge in [0.1, 0.15) is 0 Å². The van der Waals surface area contributed by atoms with Gasteiger partial charge < -0.3 is 0 Å². The van der Waals surface area contributed by atoms with Crippen LogP contribution in [-0.4, -0.2) is 4.98 Å². The van der Waals surface area contributed by atoms with Crippen LogP contribution in [0.5, 0.6) is 0 Å². The highest BCUT2D eigenvalue weighted by Gasteiger charge is 2.03. The third kappa shape index (κ3) is 2.34. The average Bonchev–Trinajstić information content (AvgIpc) is 2.40. The standard InChI is InChI=1S/C16H15N/c1-3-5-8-13(4-2)14-11-12-17-16-10-7-6-9-15(14)16/h3-12H,1H2,2H3/b8-5-,13-4+. The molecule has 0 aliphatic heterocycles. The maximum absolute atomic E-state index is 4.37. The Hall–Kier alpha value is -2.15. The van der Waals surface area contributed by atoms with E-state index in [4.69, 9.17) is 0 Å². The molecule has 0 N–H and O–H groups in total. The van der Waals surface area contributed by atoms with Crippen molar-refractivity contribution >= 4 is 16.5 Å². The van der Waals surface area contributed by atoms with Crippen molar-refractivity contribution in [2.45, 2.75) is 6.92 Å². The van der Waals surface area contributed by atoms with Gasteiger partial charge in [0.15, 0.2) is 0 Å². The molecule has 0 aliphatic rings. The molecule has 17 heavy (non-hydrogen) atoms.